The average molecular weight is 771 g/mol. The number of aliphatic hydroxyl groups is 1. The summed E-state index contributed by atoms with van der Waals surface area (Å²) >= 11 is 6.12. The molecule has 308 valence electrons. The van der Waals surface area contributed by atoms with Crippen LogP contribution in [0.5, 0.6) is 0 Å². The lowest BCUT2D eigenvalue weighted by Crippen LogP contribution is -2.49. The Morgan fingerprint density at radius 3 is 1.85 bits per heavy atom. The van der Waals surface area contributed by atoms with Gasteiger partial charge >= 0.3 is 0 Å². The van der Waals surface area contributed by atoms with Crippen LogP contribution >= 0.6 is 11.6 Å². The molecule has 0 saturated carbocycles. The molecular formula is C47H80ClN3O3. The van der Waals surface area contributed by atoms with Crippen molar-refractivity contribution in [3.8, 4) is 11.1 Å². The van der Waals surface area contributed by atoms with Gasteiger partial charge in [-0.3, -0.25) is 19.7 Å². The Bertz CT molecular complexity index is 1420. The molecule has 0 aliphatic carbocycles. The topological polar surface area (TPSA) is 75.5 Å². The van der Waals surface area contributed by atoms with Crippen LogP contribution in [0.2, 0.25) is 5.02 Å². The Hall–Kier alpha value is -2.90. The zero-order chi connectivity index (χ0) is 42.4. The maximum absolute atomic E-state index is 12.0. The second kappa shape index (κ2) is 32.4. The number of unbranched alkanes of at least 4 members (excludes halogenated alkanes) is 1. The summed E-state index contributed by atoms with van der Waals surface area (Å²) in [6, 6.07) is 12.6. The second-order valence-electron chi connectivity index (χ2n) is 13.2. The molecule has 1 N–H and O–H groups in total. The Morgan fingerprint density at radius 2 is 1.43 bits per heavy atom. The number of Topliss-reactive ketones (excluding diaryl/α,β-unsaturated/α-hetero) is 1. The quantitative estimate of drug-likeness (QED) is 0.209. The number of hydrogen-bond acceptors (Lipinski definition) is 6. The van der Waals surface area contributed by atoms with Gasteiger partial charge in [0.25, 0.3) is 0 Å². The number of aryl methyl sites for hydroxylation is 3. The van der Waals surface area contributed by atoms with E-state index in [9.17, 15) is 4.79 Å². The monoisotopic (exact) mass is 770 g/mol. The molecule has 1 aromatic carbocycles. The molecule has 1 saturated heterocycles. The number of rotatable bonds is 11. The number of benzene rings is 1. The standard InChI is InChI=1S/C25H25ClN2O.C10H21NO.C4H10O.4C2H6/c1-15(21-10-11-27-16(2)13-21)12-23-18(4)28-19(5)24(14-17(3)29)25(23)20-6-8-22(26)9-7-20;1-3-5-7-11(6-4-2)10-8-12-9-10;1-4(2,3)5;4*1-2/h6-13H,14H2,1-5H3;10H,3-9H2,1-2H3;5H,1-3H3;4*1-2H3/b15-12+;;;;;;. The Morgan fingerprint density at radius 1 is 0.889 bits per heavy atom. The first-order chi connectivity index (χ1) is 25.6. The number of hydrogen-bond donors (Lipinski definition) is 1. The highest BCUT2D eigenvalue weighted by Gasteiger charge is 2.24. The maximum Gasteiger partial charge on any atom is 0.134 e. The third kappa shape index (κ3) is 23.1. The normalized spacial score (nSPS) is 11.8. The minimum atomic E-state index is -0.500. The van der Waals surface area contributed by atoms with E-state index in [1.807, 2.05) is 113 Å². The summed E-state index contributed by atoms with van der Waals surface area (Å²) in [5, 5.41) is 9.21. The van der Waals surface area contributed by atoms with Gasteiger partial charge in [0.2, 0.25) is 0 Å². The molecule has 7 heteroatoms. The SMILES string of the molecule is CC.CC.CC.CC.CC(=O)Cc1c(C)nc(C)c(/C=C(\C)c2ccnc(C)c2)c1-c1ccc(Cl)cc1.CC(C)(C)O.CCCCN(CCC)C1COC1. The number of ketones is 1. The predicted molar refractivity (Wildman–Crippen MR) is 240 cm³/mol. The number of carbonyl (C=O) groups is 1. The Balaban J connectivity index is -0.000000859. The summed E-state index contributed by atoms with van der Waals surface area (Å²) in [6.07, 6.45) is 8.23. The average Bonchev–Trinajstić information content (AvgIpc) is 3.12. The Kier molecular flexibility index (Phi) is 33.2. The number of allylic oxidation sites excluding steroid dienone is 1. The highest BCUT2D eigenvalue weighted by molar-refractivity contribution is 6.30. The van der Waals surface area contributed by atoms with Gasteiger partial charge in [-0.1, -0.05) is 99.4 Å². The molecule has 1 aliphatic rings. The van der Waals surface area contributed by atoms with Crippen LogP contribution in [0.1, 0.15) is 157 Å². The van der Waals surface area contributed by atoms with E-state index in [1.165, 1.54) is 32.4 Å². The predicted octanol–water partition coefficient (Wildman–Crippen LogP) is 13.2. The van der Waals surface area contributed by atoms with Gasteiger partial charge in [-0.25, -0.2) is 0 Å². The fraction of sp³-hybridized carbons (Fsp3) is 0.596. The molecule has 2 aromatic heterocycles. The van der Waals surface area contributed by atoms with E-state index in [-0.39, 0.29) is 5.78 Å². The number of ether oxygens (including phenoxy) is 1. The van der Waals surface area contributed by atoms with E-state index < -0.39 is 5.60 Å². The summed E-state index contributed by atoms with van der Waals surface area (Å²) in [6.45, 7) is 39.8. The molecule has 4 rings (SSSR count). The molecule has 6 nitrogen and oxygen atoms in total. The van der Waals surface area contributed by atoms with Crippen molar-refractivity contribution < 1.29 is 14.6 Å². The van der Waals surface area contributed by atoms with Crippen LogP contribution in [0.4, 0.5) is 0 Å². The fourth-order valence-corrected chi connectivity index (χ4v) is 5.27. The highest BCUT2D eigenvalue weighted by atomic mass is 35.5. The summed E-state index contributed by atoms with van der Waals surface area (Å²) in [7, 11) is 0. The van der Waals surface area contributed by atoms with Crippen molar-refractivity contribution >= 4 is 29.0 Å². The first kappa shape index (κ1) is 55.4. The van der Waals surface area contributed by atoms with E-state index >= 15 is 0 Å². The van der Waals surface area contributed by atoms with E-state index in [4.69, 9.17) is 26.4 Å². The smallest absolute Gasteiger partial charge is 0.134 e. The van der Waals surface area contributed by atoms with Crippen molar-refractivity contribution in [2.45, 2.75) is 162 Å². The highest BCUT2D eigenvalue weighted by Crippen LogP contribution is 2.35. The lowest BCUT2D eigenvalue weighted by atomic mass is 9.89. The number of aromatic nitrogens is 2. The van der Waals surface area contributed by atoms with E-state index in [1.54, 1.807) is 27.7 Å². The van der Waals surface area contributed by atoms with Gasteiger partial charge in [-0.15, -0.1) is 0 Å². The van der Waals surface area contributed by atoms with Crippen LogP contribution in [0.3, 0.4) is 0 Å². The van der Waals surface area contributed by atoms with Gasteiger partial charge in [-0.2, -0.15) is 0 Å². The molecule has 0 amide bonds. The lowest BCUT2D eigenvalue weighted by molar-refractivity contribution is -0.116. The van der Waals surface area contributed by atoms with Crippen LogP contribution in [-0.4, -0.2) is 63.7 Å². The molecule has 0 bridgehead atoms. The van der Waals surface area contributed by atoms with Crippen molar-refractivity contribution in [1.29, 1.82) is 0 Å². The van der Waals surface area contributed by atoms with E-state index in [0.29, 0.717) is 11.4 Å². The minimum Gasteiger partial charge on any atom is -0.391 e. The van der Waals surface area contributed by atoms with Crippen molar-refractivity contribution in [3.05, 3.63) is 81.4 Å². The van der Waals surface area contributed by atoms with Crippen LogP contribution in [0.25, 0.3) is 22.8 Å². The number of carbonyl (C=O) groups excluding carboxylic acids is 1. The van der Waals surface area contributed by atoms with Crippen molar-refractivity contribution in [2.75, 3.05) is 26.3 Å². The molecule has 0 radical (unpaired) electrons. The lowest BCUT2D eigenvalue weighted by Gasteiger charge is -2.37. The first-order valence-corrected chi connectivity index (χ1v) is 20.9. The largest absolute Gasteiger partial charge is 0.391 e. The number of nitrogens with zero attached hydrogens (tertiary/aromatic N) is 3. The second-order valence-corrected chi connectivity index (χ2v) is 13.6. The van der Waals surface area contributed by atoms with Crippen molar-refractivity contribution in [1.82, 2.24) is 14.9 Å². The van der Waals surface area contributed by atoms with Gasteiger partial charge in [-0.05, 0) is 139 Å². The summed E-state index contributed by atoms with van der Waals surface area (Å²) in [5.41, 5.74) is 8.61. The minimum absolute atomic E-state index is 0.116. The molecule has 1 aliphatic heterocycles. The first-order valence-electron chi connectivity index (χ1n) is 20.5. The van der Waals surface area contributed by atoms with Crippen LogP contribution in [0, 0.1) is 20.8 Å². The molecule has 1 fully saturated rings. The van der Waals surface area contributed by atoms with Crippen LogP contribution in [0.15, 0.2) is 42.6 Å². The Labute approximate surface area is 338 Å². The van der Waals surface area contributed by atoms with Gasteiger partial charge in [0.15, 0.2) is 0 Å². The third-order valence-electron chi connectivity index (χ3n) is 7.45. The maximum atomic E-state index is 12.0. The summed E-state index contributed by atoms with van der Waals surface area (Å²) in [5.74, 6) is 0.116. The van der Waals surface area contributed by atoms with Gasteiger partial charge in [0.05, 0.1) is 24.9 Å². The van der Waals surface area contributed by atoms with Crippen LogP contribution < -0.4 is 0 Å². The molecule has 3 heterocycles. The van der Waals surface area contributed by atoms with Crippen molar-refractivity contribution in [2.24, 2.45) is 0 Å². The summed E-state index contributed by atoms with van der Waals surface area (Å²) in [4.78, 5) is 23.6. The third-order valence-corrected chi connectivity index (χ3v) is 7.70. The molecule has 54 heavy (non-hydrogen) atoms. The van der Waals surface area contributed by atoms with Gasteiger partial charge in [0.1, 0.15) is 5.78 Å². The molecule has 0 spiro atoms. The fourth-order valence-electron chi connectivity index (χ4n) is 5.14. The van der Waals surface area contributed by atoms with Crippen LogP contribution in [-0.2, 0) is 16.0 Å². The number of halogens is 1. The molecule has 0 unspecified atom stereocenters. The van der Waals surface area contributed by atoms with E-state index in [0.717, 1.165) is 69.7 Å². The van der Waals surface area contributed by atoms with Gasteiger partial charge < -0.3 is 9.84 Å². The molecule has 3 aromatic rings. The summed E-state index contributed by atoms with van der Waals surface area (Å²) < 4.78 is 5.20. The van der Waals surface area contributed by atoms with Crippen molar-refractivity contribution in [3.63, 3.8) is 0 Å². The van der Waals surface area contributed by atoms with E-state index in [2.05, 4.69) is 42.8 Å². The molecule has 0 atom stereocenters. The van der Waals surface area contributed by atoms with Gasteiger partial charge in [0, 0.05) is 40.3 Å². The molecular weight excluding hydrogens is 690 g/mol. The number of pyridine rings is 2. The zero-order valence-electron chi connectivity index (χ0n) is 37.8. The zero-order valence-corrected chi connectivity index (χ0v) is 38.6.